The summed E-state index contributed by atoms with van der Waals surface area (Å²) >= 11 is 3.45. The SMILES string of the molecule is CC(C)(Cc1ccnc2ccc(Br)cc12)OC(N)=O. The number of rotatable bonds is 3. The number of hydrogen-bond acceptors (Lipinski definition) is 3. The van der Waals surface area contributed by atoms with Crippen LogP contribution in [-0.2, 0) is 11.2 Å². The third-order valence-electron chi connectivity index (χ3n) is 2.79. The van der Waals surface area contributed by atoms with Crippen LogP contribution in [0.1, 0.15) is 19.4 Å². The number of benzene rings is 1. The summed E-state index contributed by atoms with van der Waals surface area (Å²) in [5.41, 5.74) is 6.42. The van der Waals surface area contributed by atoms with Crippen LogP contribution in [0.4, 0.5) is 4.79 Å². The highest BCUT2D eigenvalue weighted by atomic mass is 79.9. The molecule has 1 amide bonds. The number of nitrogens with two attached hydrogens (primary N) is 1. The van der Waals surface area contributed by atoms with E-state index in [2.05, 4.69) is 20.9 Å². The number of halogens is 1. The molecule has 0 unspecified atom stereocenters. The highest BCUT2D eigenvalue weighted by molar-refractivity contribution is 9.10. The van der Waals surface area contributed by atoms with E-state index in [1.165, 1.54) is 0 Å². The van der Waals surface area contributed by atoms with Gasteiger partial charge in [0, 0.05) is 22.5 Å². The van der Waals surface area contributed by atoms with Crippen LogP contribution >= 0.6 is 15.9 Å². The molecule has 0 aliphatic carbocycles. The lowest BCUT2D eigenvalue weighted by atomic mass is 9.96. The molecule has 4 nitrogen and oxygen atoms in total. The van der Waals surface area contributed by atoms with Gasteiger partial charge in [-0.15, -0.1) is 0 Å². The molecule has 0 fully saturated rings. The Morgan fingerprint density at radius 2 is 2.16 bits per heavy atom. The van der Waals surface area contributed by atoms with E-state index >= 15 is 0 Å². The maximum absolute atomic E-state index is 10.9. The molecule has 0 radical (unpaired) electrons. The molecule has 0 saturated heterocycles. The summed E-state index contributed by atoms with van der Waals surface area (Å²) in [6, 6.07) is 7.84. The predicted octanol–water partition coefficient (Wildman–Crippen LogP) is 3.41. The first-order chi connectivity index (χ1) is 8.87. The number of fused-ring (bicyclic) bond motifs is 1. The lowest BCUT2D eigenvalue weighted by Crippen LogP contribution is -2.33. The summed E-state index contributed by atoms with van der Waals surface area (Å²) in [4.78, 5) is 15.2. The van der Waals surface area contributed by atoms with Crippen LogP contribution in [0.15, 0.2) is 34.9 Å². The topological polar surface area (TPSA) is 65.2 Å². The zero-order valence-corrected chi connectivity index (χ0v) is 12.4. The first-order valence-electron chi connectivity index (χ1n) is 5.89. The predicted molar refractivity (Wildman–Crippen MR) is 77.9 cm³/mol. The average molecular weight is 323 g/mol. The van der Waals surface area contributed by atoms with Crippen molar-refractivity contribution in [2.45, 2.75) is 25.9 Å². The van der Waals surface area contributed by atoms with Crippen molar-refractivity contribution in [2.24, 2.45) is 5.73 Å². The minimum absolute atomic E-state index is 0.575. The second kappa shape index (κ2) is 5.17. The van der Waals surface area contributed by atoms with Gasteiger partial charge in [0.25, 0.3) is 0 Å². The van der Waals surface area contributed by atoms with Crippen LogP contribution in [0.2, 0.25) is 0 Å². The molecule has 2 N–H and O–H groups in total. The van der Waals surface area contributed by atoms with Crippen molar-refractivity contribution in [3.8, 4) is 0 Å². The Labute approximate surface area is 120 Å². The van der Waals surface area contributed by atoms with Crippen molar-refractivity contribution in [1.29, 1.82) is 0 Å². The van der Waals surface area contributed by atoms with Crippen LogP contribution in [0.3, 0.4) is 0 Å². The highest BCUT2D eigenvalue weighted by Gasteiger charge is 2.23. The van der Waals surface area contributed by atoms with Gasteiger partial charge in [-0.1, -0.05) is 15.9 Å². The molecule has 0 atom stereocenters. The third kappa shape index (κ3) is 3.44. The zero-order valence-electron chi connectivity index (χ0n) is 10.8. The fourth-order valence-corrected chi connectivity index (χ4v) is 2.46. The molecule has 100 valence electrons. The van der Waals surface area contributed by atoms with Crippen molar-refractivity contribution in [1.82, 2.24) is 4.98 Å². The van der Waals surface area contributed by atoms with Crippen LogP contribution in [0, 0.1) is 0 Å². The Balaban J connectivity index is 2.40. The Morgan fingerprint density at radius 3 is 2.84 bits per heavy atom. The third-order valence-corrected chi connectivity index (χ3v) is 3.28. The van der Waals surface area contributed by atoms with Crippen molar-refractivity contribution in [2.75, 3.05) is 0 Å². The number of nitrogens with zero attached hydrogens (tertiary/aromatic N) is 1. The van der Waals surface area contributed by atoms with E-state index in [1.807, 2.05) is 38.1 Å². The van der Waals surface area contributed by atoms with Gasteiger partial charge in [0.1, 0.15) is 5.60 Å². The van der Waals surface area contributed by atoms with Gasteiger partial charge in [-0.2, -0.15) is 0 Å². The van der Waals surface area contributed by atoms with Crippen molar-refractivity contribution >= 4 is 32.9 Å². The van der Waals surface area contributed by atoms with E-state index in [0.717, 1.165) is 20.9 Å². The van der Waals surface area contributed by atoms with E-state index in [4.69, 9.17) is 10.5 Å². The van der Waals surface area contributed by atoms with E-state index in [0.29, 0.717) is 6.42 Å². The zero-order chi connectivity index (χ0) is 14.0. The molecule has 0 saturated carbocycles. The molecule has 2 aromatic rings. The fraction of sp³-hybridized carbons (Fsp3) is 0.286. The second-order valence-electron chi connectivity index (χ2n) is 4.99. The molecular formula is C14H15BrN2O2. The molecule has 0 spiro atoms. The summed E-state index contributed by atoms with van der Waals surface area (Å²) in [6.45, 7) is 3.67. The maximum Gasteiger partial charge on any atom is 0.405 e. The molecule has 19 heavy (non-hydrogen) atoms. The van der Waals surface area contributed by atoms with Gasteiger partial charge in [0.15, 0.2) is 0 Å². The smallest absolute Gasteiger partial charge is 0.405 e. The van der Waals surface area contributed by atoms with E-state index in [-0.39, 0.29) is 0 Å². The second-order valence-corrected chi connectivity index (χ2v) is 5.90. The minimum Gasteiger partial charge on any atom is -0.443 e. The summed E-state index contributed by atoms with van der Waals surface area (Å²) in [7, 11) is 0. The van der Waals surface area contributed by atoms with Gasteiger partial charge in [-0.25, -0.2) is 4.79 Å². The average Bonchev–Trinajstić information content (AvgIpc) is 2.27. The number of primary amides is 1. The van der Waals surface area contributed by atoms with Gasteiger partial charge in [0.05, 0.1) is 5.52 Å². The number of carbonyl (C=O) groups excluding carboxylic acids is 1. The maximum atomic E-state index is 10.9. The molecule has 5 heteroatoms. The Hall–Kier alpha value is -1.62. The van der Waals surface area contributed by atoms with Gasteiger partial charge < -0.3 is 10.5 Å². The number of hydrogen-bond donors (Lipinski definition) is 1. The molecule has 0 bridgehead atoms. The molecule has 1 aromatic heterocycles. The molecule has 2 rings (SSSR count). The van der Waals surface area contributed by atoms with E-state index in [1.54, 1.807) is 6.20 Å². The Bertz CT molecular complexity index is 626. The first kappa shape index (κ1) is 13.8. The lowest BCUT2D eigenvalue weighted by molar-refractivity contribution is 0.0462. The normalized spacial score (nSPS) is 11.5. The van der Waals surface area contributed by atoms with Crippen LogP contribution < -0.4 is 5.73 Å². The number of aromatic nitrogens is 1. The van der Waals surface area contributed by atoms with Crippen molar-refractivity contribution in [3.63, 3.8) is 0 Å². The lowest BCUT2D eigenvalue weighted by Gasteiger charge is -2.24. The van der Waals surface area contributed by atoms with Crippen LogP contribution in [-0.4, -0.2) is 16.7 Å². The minimum atomic E-state index is -0.760. The van der Waals surface area contributed by atoms with Crippen molar-refractivity contribution in [3.05, 3.63) is 40.5 Å². The number of ether oxygens (including phenoxy) is 1. The summed E-state index contributed by atoms with van der Waals surface area (Å²) in [5.74, 6) is 0. The highest BCUT2D eigenvalue weighted by Crippen LogP contribution is 2.25. The molecule has 0 aliphatic rings. The monoisotopic (exact) mass is 322 g/mol. The number of carbonyl (C=O) groups is 1. The van der Waals surface area contributed by atoms with Crippen LogP contribution in [0.25, 0.3) is 10.9 Å². The molecular weight excluding hydrogens is 308 g/mol. The standard InChI is InChI=1S/C14H15BrN2O2/c1-14(2,19-13(16)18)8-9-5-6-17-12-4-3-10(15)7-11(9)12/h3-7H,8H2,1-2H3,(H2,16,18). The van der Waals surface area contributed by atoms with Gasteiger partial charge in [0.2, 0.25) is 0 Å². The van der Waals surface area contributed by atoms with E-state index < -0.39 is 11.7 Å². The van der Waals surface area contributed by atoms with Gasteiger partial charge in [-0.3, -0.25) is 4.98 Å². The van der Waals surface area contributed by atoms with Gasteiger partial charge >= 0.3 is 6.09 Å². The first-order valence-corrected chi connectivity index (χ1v) is 6.68. The number of pyridine rings is 1. The molecule has 0 aliphatic heterocycles. The molecule has 1 aromatic carbocycles. The fourth-order valence-electron chi connectivity index (χ4n) is 2.10. The van der Waals surface area contributed by atoms with Gasteiger partial charge in [-0.05, 0) is 43.7 Å². The largest absolute Gasteiger partial charge is 0.443 e. The number of amides is 1. The van der Waals surface area contributed by atoms with Crippen molar-refractivity contribution < 1.29 is 9.53 Å². The van der Waals surface area contributed by atoms with E-state index in [9.17, 15) is 4.79 Å². The quantitative estimate of drug-likeness (QED) is 0.941. The van der Waals surface area contributed by atoms with Crippen LogP contribution in [0.5, 0.6) is 0 Å². The molecule has 1 heterocycles. The summed E-state index contributed by atoms with van der Waals surface area (Å²) in [6.07, 6.45) is 1.57. The summed E-state index contributed by atoms with van der Waals surface area (Å²) in [5, 5.41) is 1.04. The Morgan fingerprint density at radius 1 is 1.42 bits per heavy atom. The Kier molecular flexibility index (Phi) is 3.75. The summed E-state index contributed by atoms with van der Waals surface area (Å²) < 4.78 is 6.12.